The summed E-state index contributed by atoms with van der Waals surface area (Å²) in [5, 5.41) is 0. The fourth-order valence-electron chi connectivity index (χ4n) is 1.57. The van der Waals surface area contributed by atoms with Crippen molar-refractivity contribution in [1.29, 1.82) is 0 Å². The Morgan fingerprint density at radius 2 is 2.40 bits per heavy atom. The molecular weight excluding hydrogens is 188 g/mol. The molecule has 1 aromatic carbocycles. The number of fused-ring (bicyclic) bond motifs is 1. The minimum atomic E-state index is 0.698. The molecule has 2 aromatic rings. The third kappa shape index (κ3) is 1.92. The lowest BCUT2D eigenvalue weighted by atomic mass is 10.2. The number of nitrogens with zero attached hydrogens (tertiary/aromatic N) is 2. The molecule has 1 heterocycles. The van der Waals surface area contributed by atoms with Crippen LogP contribution in [-0.4, -0.2) is 23.3 Å². The number of benzene rings is 1. The van der Waals surface area contributed by atoms with Crippen molar-refractivity contribution in [2.75, 3.05) is 13.7 Å². The molecule has 0 saturated heterocycles. The van der Waals surface area contributed by atoms with Crippen LogP contribution in [0.2, 0.25) is 0 Å². The molecule has 2 rings (SSSR count). The fraction of sp³-hybridized carbons (Fsp3) is 0.250. The van der Waals surface area contributed by atoms with Gasteiger partial charge in [0.15, 0.2) is 0 Å². The van der Waals surface area contributed by atoms with Crippen LogP contribution in [0.1, 0.15) is 5.56 Å². The molecule has 0 N–H and O–H groups in total. The van der Waals surface area contributed by atoms with E-state index in [4.69, 9.17) is 4.74 Å². The minimum Gasteiger partial charge on any atom is -0.383 e. The lowest BCUT2D eigenvalue weighted by Crippen LogP contribution is -2.02. The van der Waals surface area contributed by atoms with E-state index in [2.05, 4.69) is 22.2 Å². The van der Waals surface area contributed by atoms with Crippen molar-refractivity contribution in [2.24, 2.45) is 0 Å². The first-order valence-electron chi connectivity index (χ1n) is 4.91. The van der Waals surface area contributed by atoms with E-state index in [1.165, 1.54) is 0 Å². The van der Waals surface area contributed by atoms with Gasteiger partial charge in [-0.3, -0.25) is 0 Å². The highest BCUT2D eigenvalue weighted by molar-refractivity contribution is 5.78. The molecule has 0 spiro atoms. The van der Waals surface area contributed by atoms with E-state index in [1.54, 1.807) is 7.11 Å². The van der Waals surface area contributed by atoms with Gasteiger partial charge in [-0.1, -0.05) is 18.7 Å². The zero-order chi connectivity index (χ0) is 10.7. The van der Waals surface area contributed by atoms with E-state index in [9.17, 15) is 0 Å². The van der Waals surface area contributed by atoms with Gasteiger partial charge in [0.05, 0.1) is 24.0 Å². The molecule has 0 saturated carbocycles. The zero-order valence-electron chi connectivity index (χ0n) is 8.81. The molecule has 0 bridgehead atoms. The largest absolute Gasteiger partial charge is 0.383 e. The van der Waals surface area contributed by atoms with Gasteiger partial charge in [-0.15, -0.1) is 0 Å². The van der Waals surface area contributed by atoms with Crippen molar-refractivity contribution in [3.05, 3.63) is 36.7 Å². The first-order chi connectivity index (χ1) is 7.35. The lowest BCUT2D eigenvalue weighted by Gasteiger charge is -2.03. The topological polar surface area (TPSA) is 27.1 Å². The molecule has 3 heteroatoms. The molecule has 0 aliphatic heterocycles. The summed E-state index contributed by atoms with van der Waals surface area (Å²) in [6.45, 7) is 5.28. The van der Waals surface area contributed by atoms with E-state index < -0.39 is 0 Å². The molecule has 0 amide bonds. The Balaban J connectivity index is 2.42. The lowest BCUT2D eigenvalue weighted by molar-refractivity contribution is 0.188. The van der Waals surface area contributed by atoms with Crippen LogP contribution in [0.4, 0.5) is 0 Å². The van der Waals surface area contributed by atoms with Crippen molar-refractivity contribution in [3.8, 4) is 0 Å². The van der Waals surface area contributed by atoms with Crippen LogP contribution < -0.4 is 0 Å². The van der Waals surface area contributed by atoms with Gasteiger partial charge in [-0.05, 0) is 17.7 Å². The van der Waals surface area contributed by atoms with E-state index in [0.29, 0.717) is 6.61 Å². The van der Waals surface area contributed by atoms with E-state index in [0.717, 1.165) is 23.1 Å². The second-order valence-corrected chi connectivity index (χ2v) is 3.38. The predicted octanol–water partition coefficient (Wildman–Crippen LogP) is 2.33. The molecule has 78 valence electrons. The second kappa shape index (κ2) is 4.28. The third-order valence-electron chi connectivity index (χ3n) is 2.42. The average Bonchev–Trinajstić information content (AvgIpc) is 2.68. The number of ether oxygens (including phenoxy) is 1. The molecule has 0 radical (unpaired) electrons. The second-order valence-electron chi connectivity index (χ2n) is 3.38. The Kier molecular flexibility index (Phi) is 2.83. The fourth-order valence-corrected chi connectivity index (χ4v) is 1.57. The number of hydrogen-bond acceptors (Lipinski definition) is 2. The Morgan fingerprint density at radius 3 is 3.13 bits per heavy atom. The van der Waals surface area contributed by atoms with E-state index >= 15 is 0 Å². The van der Waals surface area contributed by atoms with Crippen molar-refractivity contribution in [1.82, 2.24) is 9.55 Å². The number of imidazole rings is 1. The number of rotatable bonds is 4. The summed E-state index contributed by atoms with van der Waals surface area (Å²) in [6, 6.07) is 6.11. The first kappa shape index (κ1) is 9.93. The van der Waals surface area contributed by atoms with Gasteiger partial charge >= 0.3 is 0 Å². The highest BCUT2D eigenvalue weighted by atomic mass is 16.5. The average molecular weight is 202 g/mol. The van der Waals surface area contributed by atoms with Gasteiger partial charge in [0.2, 0.25) is 0 Å². The van der Waals surface area contributed by atoms with Gasteiger partial charge in [0, 0.05) is 13.7 Å². The molecular formula is C12H14N2O. The molecule has 0 aliphatic rings. The van der Waals surface area contributed by atoms with Crippen LogP contribution in [-0.2, 0) is 11.3 Å². The first-order valence-corrected chi connectivity index (χ1v) is 4.91. The normalized spacial score (nSPS) is 10.7. The van der Waals surface area contributed by atoms with Gasteiger partial charge < -0.3 is 9.30 Å². The van der Waals surface area contributed by atoms with Crippen molar-refractivity contribution in [3.63, 3.8) is 0 Å². The van der Waals surface area contributed by atoms with Crippen LogP contribution in [0, 0.1) is 0 Å². The van der Waals surface area contributed by atoms with Gasteiger partial charge in [0.25, 0.3) is 0 Å². The van der Waals surface area contributed by atoms with Crippen LogP contribution in [0.3, 0.4) is 0 Å². The van der Waals surface area contributed by atoms with Crippen molar-refractivity contribution < 1.29 is 4.74 Å². The van der Waals surface area contributed by atoms with Gasteiger partial charge in [-0.2, -0.15) is 0 Å². The Hall–Kier alpha value is -1.61. The molecule has 0 fully saturated rings. The number of methoxy groups -OCH3 is 1. The van der Waals surface area contributed by atoms with Crippen LogP contribution in [0.15, 0.2) is 31.1 Å². The maximum Gasteiger partial charge on any atom is 0.0959 e. The summed E-state index contributed by atoms with van der Waals surface area (Å²) >= 11 is 0. The highest BCUT2D eigenvalue weighted by Gasteiger charge is 2.01. The summed E-state index contributed by atoms with van der Waals surface area (Å²) in [7, 11) is 1.70. The summed E-state index contributed by atoms with van der Waals surface area (Å²) < 4.78 is 7.14. The van der Waals surface area contributed by atoms with E-state index in [1.807, 2.05) is 24.5 Å². The Bertz CT molecular complexity index is 473. The molecule has 0 atom stereocenters. The minimum absolute atomic E-state index is 0.698. The summed E-state index contributed by atoms with van der Waals surface area (Å²) in [6.07, 6.45) is 3.68. The van der Waals surface area contributed by atoms with Gasteiger partial charge in [-0.25, -0.2) is 4.98 Å². The molecule has 15 heavy (non-hydrogen) atoms. The van der Waals surface area contributed by atoms with Crippen LogP contribution >= 0.6 is 0 Å². The van der Waals surface area contributed by atoms with Crippen LogP contribution in [0.5, 0.6) is 0 Å². The van der Waals surface area contributed by atoms with Crippen molar-refractivity contribution >= 4 is 17.1 Å². The SMILES string of the molecule is C=Cc1ccc2ncn(CCOC)c2c1. The standard InChI is InChI=1S/C12H14N2O/c1-3-10-4-5-11-12(8-10)14(9-13-11)6-7-15-2/h3-5,8-9H,1,6-7H2,2H3. The summed E-state index contributed by atoms with van der Waals surface area (Å²) in [5.41, 5.74) is 3.25. The quantitative estimate of drug-likeness (QED) is 0.760. The Morgan fingerprint density at radius 1 is 1.53 bits per heavy atom. The van der Waals surface area contributed by atoms with E-state index in [-0.39, 0.29) is 0 Å². The number of aromatic nitrogens is 2. The summed E-state index contributed by atoms with van der Waals surface area (Å²) in [5.74, 6) is 0. The predicted molar refractivity (Wildman–Crippen MR) is 61.7 cm³/mol. The smallest absolute Gasteiger partial charge is 0.0959 e. The maximum absolute atomic E-state index is 5.05. The monoisotopic (exact) mass is 202 g/mol. The van der Waals surface area contributed by atoms with Crippen molar-refractivity contribution in [2.45, 2.75) is 6.54 Å². The van der Waals surface area contributed by atoms with Crippen LogP contribution in [0.25, 0.3) is 17.1 Å². The highest BCUT2D eigenvalue weighted by Crippen LogP contribution is 2.15. The zero-order valence-corrected chi connectivity index (χ0v) is 8.81. The molecule has 0 unspecified atom stereocenters. The molecule has 0 aliphatic carbocycles. The third-order valence-corrected chi connectivity index (χ3v) is 2.42. The Labute approximate surface area is 89.0 Å². The molecule has 1 aromatic heterocycles. The molecule has 3 nitrogen and oxygen atoms in total. The maximum atomic E-state index is 5.05. The number of hydrogen-bond donors (Lipinski definition) is 0. The van der Waals surface area contributed by atoms with Gasteiger partial charge in [0.1, 0.15) is 0 Å². The summed E-state index contributed by atoms with van der Waals surface area (Å²) in [4.78, 5) is 4.32.